The second-order valence-electron chi connectivity index (χ2n) is 7.48. The van der Waals surface area contributed by atoms with Gasteiger partial charge in [-0.2, -0.15) is 15.2 Å². The third-order valence-corrected chi connectivity index (χ3v) is 5.38. The zero-order chi connectivity index (χ0) is 22.1. The number of rotatable bonds is 5. The number of ether oxygens (including phenoxy) is 1. The topological polar surface area (TPSA) is 131 Å². The molecule has 0 amide bonds. The van der Waals surface area contributed by atoms with Crippen LogP contribution in [-0.4, -0.2) is 33.4 Å². The van der Waals surface area contributed by atoms with E-state index in [9.17, 15) is 10.4 Å². The molecule has 0 bridgehead atoms. The SMILES string of the molecule is COc1ccc(Nc2nc(Nc3ccc4c(c3)CCC(O)N4)nc3[nH]cc(C#N)c23)cc1. The number of aliphatic hydroxyl groups is 1. The Labute approximate surface area is 184 Å². The van der Waals surface area contributed by atoms with Crippen LogP contribution in [0.15, 0.2) is 48.7 Å². The number of benzene rings is 2. The van der Waals surface area contributed by atoms with Gasteiger partial charge in [0.05, 0.1) is 18.1 Å². The van der Waals surface area contributed by atoms with E-state index in [0.717, 1.165) is 34.8 Å². The Morgan fingerprint density at radius 3 is 2.72 bits per heavy atom. The number of anilines is 5. The van der Waals surface area contributed by atoms with Crippen LogP contribution in [0.1, 0.15) is 17.5 Å². The van der Waals surface area contributed by atoms with Crippen LogP contribution >= 0.6 is 0 Å². The van der Waals surface area contributed by atoms with Gasteiger partial charge >= 0.3 is 0 Å². The molecule has 0 radical (unpaired) electrons. The summed E-state index contributed by atoms with van der Waals surface area (Å²) in [6.07, 6.45) is 2.55. The third kappa shape index (κ3) is 3.75. The number of aromatic nitrogens is 3. The standard InChI is InChI=1S/C23H21N7O2/c1-32-17-6-3-15(4-7-17)26-22-20-14(11-24)12-25-21(20)29-23(30-22)27-16-5-8-18-13(10-16)2-9-19(31)28-18/h3-8,10,12,19,28,31H,2,9H2,1H3,(H3,25,26,27,29,30). The fourth-order valence-corrected chi connectivity index (χ4v) is 3.77. The molecular formula is C23H21N7O2. The minimum Gasteiger partial charge on any atom is -0.497 e. The van der Waals surface area contributed by atoms with E-state index in [1.54, 1.807) is 13.3 Å². The van der Waals surface area contributed by atoms with Gasteiger partial charge in [0.25, 0.3) is 0 Å². The van der Waals surface area contributed by atoms with Crippen molar-refractivity contribution in [1.29, 1.82) is 5.26 Å². The zero-order valence-electron chi connectivity index (χ0n) is 17.3. The van der Waals surface area contributed by atoms with Crippen molar-refractivity contribution in [3.05, 3.63) is 59.8 Å². The Morgan fingerprint density at radius 1 is 1.12 bits per heavy atom. The van der Waals surface area contributed by atoms with Crippen molar-refractivity contribution in [3.63, 3.8) is 0 Å². The number of nitrogens with zero attached hydrogens (tertiary/aromatic N) is 3. The number of nitrogens with one attached hydrogen (secondary N) is 4. The number of methoxy groups -OCH3 is 1. The van der Waals surface area contributed by atoms with E-state index in [1.165, 1.54) is 0 Å². The number of nitriles is 1. The Hall–Kier alpha value is -4.29. The van der Waals surface area contributed by atoms with Gasteiger partial charge in [0.2, 0.25) is 5.95 Å². The second-order valence-corrected chi connectivity index (χ2v) is 7.48. The monoisotopic (exact) mass is 427 g/mol. The molecule has 5 rings (SSSR count). The fraction of sp³-hybridized carbons (Fsp3) is 0.174. The number of aryl methyl sites for hydroxylation is 1. The number of aromatic amines is 1. The van der Waals surface area contributed by atoms with Crippen molar-refractivity contribution >= 4 is 39.9 Å². The van der Waals surface area contributed by atoms with E-state index >= 15 is 0 Å². The molecule has 1 aliphatic rings. The average Bonchev–Trinajstić information content (AvgIpc) is 3.23. The quantitative estimate of drug-likeness (QED) is 0.323. The molecule has 32 heavy (non-hydrogen) atoms. The van der Waals surface area contributed by atoms with Gasteiger partial charge in [-0.15, -0.1) is 0 Å². The van der Waals surface area contributed by atoms with E-state index in [4.69, 9.17) is 4.74 Å². The van der Waals surface area contributed by atoms with Gasteiger partial charge in [-0.05, 0) is 60.9 Å². The normalized spacial score (nSPS) is 14.8. The molecule has 1 atom stereocenters. The second kappa shape index (κ2) is 8.09. The van der Waals surface area contributed by atoms with Crippen molar-refractivity contribution in [2.75, 3.05) is 23.1 Å². The first-order valence-electron chi connectivity index (χ1n) is 10.2. The lowest BCUT2D eigenvalue weighted by atomic mass is 10.0. The van der Waals surface area contributed by atoms with Crippen molar-refractivity contribution in [3.8, 4) is 11.8 Å². The maximum atomic E-state index is 9.78. The summed E-state index contributed by atoms with van der Waals surface area (Å²) in [6.45, 7) is 0. The molecule has 0 saturated heterocycles. The molecule has 0 aliphatic carbocycles. The first kappa shape index (κ1) is 19.7. The van der Waals surface area contributed by atoms with Crippen LogP contribution in [0.4, 0.5) is 28.8 Å². The van der Waals surface area contributed by atoms with E-state index in [0.29, 0.717) is 34.8 Å². The first-order valence-corrected chi connectivity index (χ1v) is 10.2. The lowest BCUT2D eigenvalue weighted by Gasteiger charge is -2.23. The van der Waals surface area contributed by atoms with Gasteiger partial charge in [0, 0.05) is 23.3 Å². The van der Waals surface area contributed by atoms with Crippen molar-refractivity contribution in [1.82, 2.24) is 15.0 Å². The van der Waals surface area contributed by atoms with E-state index < -0.39 is 6.23 Å². The van der Waals surface area contributed by atoms with Crippen LogP contribution in [0.25, 0.3) is 11.0 Å². The predicted molar refractivity (Wildman–Crippen MR) is 123 cm³/mol. The molecule has 2 aromatic carbocycles. The van der Waals surface area contributed by atoms with Crippen molar-refractivity contribution < 1.29 is 9.84 Å². The molecule has 0 fully saturated rings. The van der Waals surface area contributed by atoms with Gasteiger partial charge in [0.1, 0.15) is 29.5 Å². The number of aliphatic hydroxyl groups excluding tert-OH is 1. The van der Waals surface area contributed by atoms with Crippen LogP contribution in [0.3, 0.4) is 0 Å². The summed E-state index contributed by atoms with van der Waals surface area (Å²) >= 11 is 0. The van der Waals surface area contributed by atoms with Gasteiger partial charge < -0.3 is 30.8 Å². The molecule has 9 nitrogen and oxygen atoms in total. The molecule has 9 heteroatoms. The summed E-state index contributed by atoms with van der Waals surface area (Å²) in [4.78, 5) is 12.2. The lowest BCUT2D eigenvalue weighted by molar-refractivity contribution is 0.189. The largest absolute Gasteiger partial charge is 0.497 e. The maximum absolute atomic E-state index is 9.78. The van der Waals surface area contributed by atoms with Gasteiger partial charge in [0.15, 0.2) is 0 Å². The van der Waals surface area contributed by atoms with Gasteiger partial charge in [-0.25, -0.2) is 0 Å². The van der Waals surface area contributed by atoms with E-state index in [-0.39, 0.29) is 0 Å². The molecular weight excluding hydrogens is 406 g/mol. The Kier molecular flexibility index (Phi) is 4.97. The summed E-state index contributed by atoms with van der Waals surface area (Å²) in [7, 11) is 1.62. The molecule has 160 valence electrons. The summed E-state index contributed by atoms with van der Waals surface area (Å²) in [5.74, 6) is 1.66. The van der Waals surface area contributed by atoms with Crippen LogP contribution in [0.2, 0.25) is 0 Å². The third-order valence-electron chi connectivity index (χ3n) is 5.38. The molecule has 0 saturated carbocycles. The van der Waals surface area contributed by atoms with Crippen molar-refractivity contribution in [2.24, 2.45) is 0 Å². The highest BCUT2D eigenvalue weighted by Gasteiger charge is 2.17. The van der Waals surface area contributed by atoms with Crippen LogP contribution < -0.4 is 20.7 Å². The predicted octanol–water partition coefficient (Wildman–Crippen LogP) is 4.00. The zero-order valence-corrected chi connectivity index (χ0v) is 17.3. The smallest absolute Gasteiger partial charge is 0.231 e. The molecule has 3 heterocycles. The Balaban J connectivity index is 1.49. The minimum absolute atomic E-state index is 0.392. The van der Waals surface area contributed by atoms with E-state index in [2.05, 4.69) is 37.0 Å². The number of hydrogen-bond acceptors (Lipinski definition) is 8. The minimum atomic E-state index is -0.513. The summed E-state index contributed by atoms with van der Waals surface area (Å²) in [6, 6.07) is 15.5. The van der Waals surface area contributed by atoms with Gasteiger partial charge in [-0.1, -0.05) is 0 Å². The number of H-pyrrole nitrogens is 1. The fourth-order valence-electron chi connectivity index (χ4n) is 3.77. The molecule has 5 N–H and O–H groups in total. The Bertz CT molecular complexity index is 1320. The highest BCUT2D eigenvalue weighted by atomic mass is 16.5. The molecule has 1 unspecified atom stereocenters. The molecule has 2 aromatic heterocycles. The molecule has 1 aliphatic heterocycles. The average molecular weight is 427 g/mol. The summed E-state index contributed by atoms with van der Waals surface area (Å²) < 4.78 is 5.21. The summed E-state index contributed by atoms with van der Waals surface area (Å²) in [5, 5.41) is 29.5. The highest BCUT2D eigenvalue weighted by Crippen LogP contribution is 2.31. The lowest BCUT2D eigenvalue weighted by Crippen LogP contribution is -2.24. The Morgan fingerprint density at radius 2 is 1.94 bits per heavy atom. The summed E-state index contributed by atoms with van der Waals surface area (Å²) in [5.41, 5.74) is 4.70. The number of fused-ring (bicyclic) bond motifs is 2. The van der Waals surface area contributed by atoms with Gasteiger partial charge in [-0.3, -0.25) is 0 Å². The molecule has 4 aromatic rings. The van der Waals surface area contributed by atoms with Crippen LogP contribution in [0, 0.1) is 11.3 Å². The van der Waals surface area contributed by atoms with Crippen LogP contribution in [0.5, 0.6) is 5.75 Å². The van der Waals surface area contributed by atoms with Crippen molar-refractivity contribution in [2.45, 2.75) is 19.1 Å². The van der Waals surface area contributed by atoms with Crippen LogP contribution in [-0.2, 0) is 6.42 Å². The first-order chi connectivity index (χ1) is 15.6. The molecule has 0 spiro atoms. The van der Waals surface area contributed by atoms with E-state index in [1.807, 2.05) is 42.5 Å². The highest BCUT2D eigenvalue weighted by molar-refractivity contribution is 5.95. The maximum Gasteiger partial charge on any atom is 0.231 e. The number of hydrogen-bond donors (Lipinski definition) is 5.